The molecule has 0 unspecified atom stereocenters. The minimum Gasteiger partial charge on any atom is -0.481 e. The van der Waals surface area contributed by atoms with E-state index in [0.29, 0.717) is 11.3 Å². The van der Waals surface area contributed by atoms with Crippen LogP contribution in [0.15, 0.2) is 47.7 Å². The second-order valence-corrected chi connectivity index (χ2v) is 6.78. The molecule has 0 bridgehead atoms. The van der Waals surface area contributed by atoms with Gasteiger partial charge in [0.25, 0.3) is 0 Å². The Balaban J connectivity index is 3.41. The third kappa shape index (κ3) is 3.68. The molecule has 5 nitrogen and oxygen atoms in total. The summed E-state index contributed by atoms with van der Waals surface area (Å²) in [5.41, 5.74) is 1.10. The van der Waals surface area contributed by atoms with E-state index in [4.69, 9.17) is 0 Å². The summed E-state index contributed by atoms with van der Waals surface area (Å²) in [4.78, 5) is 11.3. The lowest BCUT2D eigenvalue weighted by Gasteiger charge is -2.36. The minimum absolute atomic E-state index is 0.272. The Hall–Kier alpha value is -1.82. The number of carbonyl (C=O) groups is 1. The number of hydrogen-bond donors (Lipinski definition) is 2. The first-order valence-electron chi connectivity index (χ1n) is 7.02. The van der Waals surface area contributed by atoms with E-state index in [9.17, 15) is 18.3 Å². The summed E-state index contributed by atoms with van der Waals surface area (Å²) in [7, 11) is -2.82. The molecule has 0 saturated heterocycles. The normalized spacial score (nSPS) is 23.0. The van der Waals surface area contributed by atoms with Crippen LogP contribution < -0.4 is 0 Å². The van der Waals surface area contributed by atoms with Crippen LogP contribution in [0.4, 0.5) is 0 Å². The fourth-order valence-corrected chi connectivity index (χ4v) is 3.30. The molecule has 1 aliphatic heterocycles. The molecule has 1 N–H and O–H groups in total. The summed E-state index contributed by atoms with van der Waals surface area (Å²) in [6.07, 6.45) is 7.17. The van der Waals surface area contributed by atoms with Crippen LogP contribution in [0.1, 0.15) is 34.1 Å². The second-order valence-electron chi connectivity index (χ2n) is 5.88. The lowest BCUT2D eigenvalue weighted by Crippen LogP contribution is -2.38. The Morgan fingerprint density at radius 2 is 2.09 bits per heavy atom. The molecule has 0 aliphatic carbocycles. The average Bonchev–Trinajstić information content (AvgIpc) is 2.41. The van der Waals surface area contributed by atoms with Gasteiger partial charge in [0.15, 0.2) is 0 Å². The zero-order chi connectivity index (χ0) is 17.1. The first-order valence-corrected chi connectivity index (χ1v) is 8.15. The predicted molar refractivity (Wildman–Crippen MR) is 87.8 cm³/mol. The standard InChI is InChI=1S/C16H23NO4S/c1-6-8-12-9-13(10-16(4,5)15(18)19)11(3)17(22(20)21)14(12)7-2/h6-9,11,22H,1,10H2,2-5H3,(H,18,19)/b12-8-,14-7+/t11-/m1/s1. The molecule has 0 aromatic rings. The average molecular weight is 325 g/mol. The maximum atomic E-state index is 11.7. The molecule has 6 heteroatoms. The van der Waals surface area contributed by atoms with Crippen molar-refractivity contribution in [3.05, 3.63) is 47.7 Å². The van der Waals surface area contributed by atoms with Crippen LogP contribution in [0.3, 0.4) is 0 Å². The molecule has 0 saturated carbocycles. The molecule has 1 rings (SSSR count). The molecule has 1 aliphatic rings. The molecule has 0 amide bonds. The van der Waals surface area contributed by atoms with Gasteiger partial charge in [0.05, 0.1) is 17.2 Å². The molecular formula is C16H23NO4S. The Bertz CT molecular complexity index is 631. The van der Waals surface area contributed by atoms with Gasteiger partial charge in [-0.05, 0) is 45.3 Å². The van der Waals surface area contributed by atoms with Crippen LogP contribution in [0.5, 0.6) is 0 Å². The summed E-state index contributed by atoms with van der Waals surface area (Å²) < 4.78 is 24.6. The fourth-order valence-electron chi connectivity index (χ4n) is 2.47. The van der Waals surface area contributed by atoms with E-state index < -0.39 is 28.3 Å². The predicted octanol–water partition coefficient (Wildman–Crippen LogP) is 2.66. The molecule has 0 radical (unpaired) electrons. The SMILES string of the molecule is C=C/C=C1/C=C(CC(C)(C)C(=O)O)[C@@H](C)N([SH](=O)=O)/C1=C/C. The first-order chi connectivity index (χ1) is 10.2. The first kappa shape index (κ1) is 18.2. The lowest BCUT2D eigenvalue weighted by molar-refractivity contribution is -0.146. The third-order valence-corrected chi connectivity index (χ3v) is 4.67. The van der Waals surface area contributed by atoms with Crippen molar-refractivity contribution >= 4 is 16.9 Å². The topological polar surface area (TPSA) is 74.7 Å². The highest BCUT2D eigenvalue weighted by atomic mass is 32.2. The number of nitrogens with zero attached hydrogens (tertiary/aromatic N) is 1. The van der Waals surface area contributed by atoms with Gasteiger partial charge in [-0.3, -0.25) is 9.10 Å². The Labute approximate surface area is 133 Å². The van der Waals surface area contributed by atoms with E-state index >= 15 is 0 Å². The van der Waals surface area contributed by atoms with Gasteiger partial charge in [-0.1, -0.05) is 30.9 Å². The highest BCUT2D eigenvalue weighted by Gasteiger charge is 2.35. The van der Waals surface area contributed by atoms with Gasteiger partial charge in [0, 0.05) is 0 Å². The molecule has 122 valence electrons. The van der Waals surface area contributed by atoms with E-state index in [-0.39, 0.29) is 6.42 Å². The van der Waals surface area contributed by atoms with Crippen LogP contribution in [0.25, 0.3) is 0 Å². The van der Waals surface area contributed by atoms with Crippen molar-refractivity contribution in [2.45, 2.75) is 40.2 Å². The smallest absolute Gasteiger partial charge is 0.309 e. The third-order valence-electron chi connectivity index (χ3n) is 3.76. The molecule has 0 aromatic heterocycles. The molecule has 0 aromatic carbocycles. The molecule has 0 fully saturated rings. The van der Waals surface area contributed by atoms with E-state index in [2.05, 4.69) is 6.58 Å². The van der Waals surface area contributed by atoms with E-state index in [0.717, 1.165) is 5.57 Å². The minimum atomic E-state index is -2.82. The molecule has 1 heterocycles. The van der Waals surface area contributed by atoms with Gasteiger partial charge in [0.2, 0.25) is 10.9 Å². The maximum Gasteiger partial charge on any atom is 0.309 e. The van der Waals surface area contributed by atoms with Crippen molar-refractivity contribution in [1.82, 2.24) is 4.31 Å². The number of carboxylic acid groups (broad SMARTS) is 1. The number of allylic oxidation sites excluding steroid dienone is 4. The van der Waals surface area contributed by atoms with Crippen molar-refractivity contribution in [1.29, 1.82) is 0 Å². The van der Waals surface area contributed by atoms with Crippen molar-refractivity contribution < 1.29 is 18.3 Å². The van der Waals surface area contributed by atoms with Crippen LogP contribution in [-0.2, 0) is 15.7 Å². The number of rotatable bonds is 5. The molecule has 1 atom stereocenters. The second kappa shape index (κ2) is 6.96. The molecular weight excluding hydrogens is 302 g/mol. The van der Waals surface area contributed by atoms with E-state index in [1.54, 1.807) is 45.9 Å². The van der Waals surface area contributed by atoms with E-state index in [1.165, 1.54) is 4.31 Å². The number of thiol groups is 1. The summed E-state index contributed by atoms with van der Waals surface area (Å²) in [6, 6.07) is -0.409. The van der Waals surface area contributed by atoms with Crippen molar-refractivity contribution in [2.75, 3.05) is 0 Å². The number of aliphatic carboxylic acids is 1. The quantitative estimate of drug-likeness (QED) is 0.762. The van der Waals surface area contributed by atoms with Crippen LogP contribution in [0.2, 0.25) is 0 Å². The van der Waals surface area contributed by atoms with Crippen molar-refractivity contribution in [3.8, 4) is 0 Å². The lowest BCUT2D eigenvalue weighted by atomic mass is 9.81. The van der Waals surface area contributed by atoms with Gasteiger partial charge in [-0.2, -0.15) is 0 Å². The Morgan fingerprint density at radius 1 is 1.50 bits per heavy atom. The fraction of sp³-hybridized carbons (Fsp3) is 0.438. The maximum absolute atomic E-state index is 11.7. The number of carboxylic acids is 1. The van der Waals surface area contributed by atoms with Crippen molar-refractivity contribution in [3.63, 3.8) is 0 Å². The molecule has 0 spiro atoms. The van der Waals surface area contributed by atoms with E-state index in [1.807, 2.05) is 6.08 Å². The zero-order valence-corrected chi connectivity index (χ0v) is 14.3. The highest BCUT2D eigenvalue weighted by molar-refractivity contribution is 7.70. The monoisotopic (exact) mass is 325 g/mol. The van der Waals surface area contributed by atoms with Gasteiger partial charge in [-0.25, -0.2) is 8.42 Å². The van der Waals surface area contributed by atoms with Crippen LogP contribution in [0, 0.1) is 5.41 Å². The summed E-state index contributed by atoms with van der Waals surface area (Å²) in [6.45, 7) is 10.4. The number of hydrogen-bond acceptors (Lipinski definition) is 3. The van der Waals surface area contributed by atoms with Gasteiger partial charge < -0.3 is 5.11 Å². The Kier molecular flexibility index (Phi) is 5.77. The highest BCUT2D eigenvalue weighted by Crippen LogP contribution is 2.36. The largest absolute Gasteiger partial charge is 0.481 e. The van der Waals surface area contributed by atoms with Gasteiger partial charge in [0.1, 0.15) is 0 Å². The Morgan fingerprint density at radius 3 is 2.50 bits per heavy atom. The van der Waals surface area contributed by atoms with Gasteiger partial charge >= 0.3 is 5.97 Å². The zero-order valence-electron chi connectivity index (χ0n) is 13.4. The van der Waals surface area contributed by atoms with Crippen molar-refractivity contribution in [2.24, 2.45) is 5.41 Å². The van der Waals surface area contributed by atoms with Crippen LogP contribution in [-0.4, -0.2) is 29.8 Å². The summed E-state index contributed by atoms with van der Waals surface area (Å²) >= 11 is 0. The summed E-state index contributed by atoms with van der Waals surface area (Å²) in [5.74, 6) is -0.912. The van der Waals surface area contributed by atoms with Gasteiger partial charge in [-0.15, -0.1) is 0 Å². The summed E-state index contributed by atoms with van der Waals surface area (Å²) in [5, 5.41) is 9.30. The molecule has 22 heavy (non-hydrogen) atoms. The van der Waals surface area contributed by atoms with Crippen LogP contribution >= 0.6 is 0 Å².